The fourth-order valence-electron chi connectivity index (χ4n) is 2.56. The quantitative estimate of drug-likeness (QED) is 0.633. The number of hydrogen-bond donors (Lipinski definition) is 2. The molecule has 0 aliphatic heterocycles. The number of rotatable bonds is 5. The zero-order valence-electron chi connectivity index (χ0n) is 15.7. The van der Waals surface area contributed by atoms with Crippen LogP contribution in [-0.4, -0.2) is 28.2 Å². The van der Waals surface area contributed by atoms with Crippen LogP contribution in [0.1, 0.15) is 28.1 Å². The number of amides is 2. The van der Waals surface area contributed by atoms with Crippen LogP contribution < -0.4 is 15.6 Å². The highest BCUT2D eigenvalue weighted by molar-refractivity contribution is 5.93. The van der Waals surface area contributed by atoms with Gasteiger partial charge in [0.05, 0.1) is 5.69 Å². The number of aryl methyl sites for hydroxylation is 4. The molecule has 1 aromatic heterocycles. The lowest BCUT2D eigenvalue weighted by molar-refractivity contribution is -0.128. The number of carbonyl (C=O) groups is 2. The summed E-state index contributed by atoms with van der Waals surface area (Å²) in [5.74, 6) is -0.265. The summed E-state index contributed by atoms with van der Waals surface area (Å²) in [5.41, 5.74) is 9.42. The summed E-state index contributed by atoms with van der Waals surface area (Å²) in [6.07, 6.45) is 3.02. The van der Waals surface area contributed by atoms with E-state index in [0.29, 0.717) is 5.75 Å². The van der Waals surface area contributed by atoms with Crippen molar-refractivity contribution in [1.82, 2.24) is 20.6 Å². The van der Waals surface area contributed by atoms with Gasteiger partial charge in [0.15, 0.2) is 6.61 Å². The van der Waals surface area contributed by atoms with E-state index in [0.717, 1.165) is 28.1 Å². The van der Waals surface area contributed by atoms with E-state index in [1.165, 1.54) is 6.08 Å². The molecule has 2 aromatic rings. The van der Waals surface area contributed by atoms with E-state index >= 15 is 0 Å². The number of ether oxygens (including phenoxy) is 1. The molecule has 1 heterocycles. The molecule has 7 nitrogen and oxygen atoms in total. The first kappa shape index (κ1) is 19.2. The molecule has 2 N–H and O–H groups in total. The van der Waals surface area contributed by atoms with E-state index in [-0.39, 0.29) is 6.61 Å². The summed E-state index contributed by atoms with van der Waals surface area (Å²) in [6.45, 7) is 7.52. The largest absolute Gasteiger partial charge is 0.484 e. The Balaban J connectivity index is 1.81. The summed E-state index contributed by atoms with van der Waals surface area (Å²) >= 11 is 0. The van der Waals surface area contributed by atoms with E-state index in [2.05, 4.69) is 16.0 Å². The van der Waals surface area contributed by atoms with Crippen LogP contribution in [-0.2, 0) is 16.6 Å². The molecule has 0 fully saturated rings. The Hall–Kier alpha value is -3.09. The predicted molar refractivity (Wildman–Crippen MR) is 99.4 cm³/mol. The summed E-state index contributed by atoms with van der Waals surface area (Å²) in [5, 5.41) is 4.28. The molecule has 0 aliphatic rings. The summed E-state index contributed by atoms with van der Waals surface area (Å²) in [4.78, 5) is 23.6. The van der Waals surface area contributed by atoms with Gasteiger partial charge in [-0.05, 0) is 57.0 Å². The normalized spacial score (nSPS) is 10.8. The van der Waals surface area contributed by atoms with Crippen molar-refractivity contribution in [2.24, 2.45) is 7.05 Å². The molecule has 0 bridgehead atoms. The Labute approximate surface area is 153 Å². The molecule has 0 saturated carbocycles. The maximum Gasteiger partial charge on any atom is 0.276 e. The average Bonchev–Trinajstić information content (AvgIpc) is 2.80. The van der Waals surface area contributed by atoms with Crippen LogP contribution in [0.3, 0.4) is 0 Å². The third-order valence-corrected chi connectivity index (χ3v) is 3.86. The van der Waals surface area contributed by atoms with Gasteiger partial charge in [-0.3, -0.25) is 25.1 Å². The highest BCUT2D eigenvalue weighted by Gasteiger charge is 2.07. The van der Waals surface area contributed by atoms with Gasteiger partial charge in [-0.15, -0.1) is 0 Å². The Bertz CT molecular complexity index is 832. The minimum Gasteiger partial charge on any atom is -0.484 e. The monoisotopic (exact) mass is 356 g/mol. The zero-order chi connectivity index (χ0) is 19.3. The number of hydrazine groups is 1. The molecule has 0 atom stereocenters. The lowest BCUT2D eigenvalue weighted by Crippen LogP contribution is -2.43. The number of hydrogen-bond acceptors (Lipinski definition) is 4. The first-order chi connectivity index (χ1) is 12.3. The minimum absolute atomic E-state index is 0.187. The van der Waals surface area contributed by atoms with Crippen molar-refractivity contribution in [1.29, 1.82) is 0 Å². The molecule has 0 saturated heterocycles. The minimum atomic E-state index is -0.445. The lowest BCUT2D eigenvalue weighted by atomic mass is 10.1. The van der Waals surface area contributed by atoms with Gasteiger partial charge in [0.25, 0.3) is 11.8 Å². The molecular formula is C19H24N4O3. The van der Waals surface area contributed by atoms with E-state index in [1.807, 2.05) is 52.9 Å². The van der Waals surface area contributed by atoms with Crippen LogP contribution >= 0.6 is 0 Å². The van der Waals surface area contributed by atoms with Gasteiger partial charge in [-0.2, -0.15) is 5.10 Å². The van der Waals surface area contributed by atoms with E-state index < -0.39 is 11.8 Å². The average molecular weight is 356 g/mol. The van der Waals surface area contributed by atoms with Crippen molar-refractivity contribution in [3.8, 4) is 5.75 Å². The Kier molecular flexibility index (Phi) is 6.16. The maximum absolute atomic E-state index is 11.8. The fraction of sp³-hybridized carbons (Fsp3) is 0.316. The standard InChI is InChI=1S/C19H24N4O3/c1-12-8-13(2)10-16(9-12)26-11-19(25)21-20-18(24)7-6-17-14(3)22-23(5)15(17)4/h6-10H,11H2,1-5H3,(H,20,24)(H,21,25)/b7-6+. The van der Waals surface area contributed by atoms with Crippen molar-refractivity contribution in [3.05, 3.63) is 52.4 Å². The summed E-state index contributed by atoms with van der Waals surface area (Å²) in [6, 6.07) is 5.71. The first-order valence-corrected chi connectivity index (χ1v) is 8.24. The Morgan fingerprint density at radius 2 is 1.77 bits per heavy atom. The van der Waals surface area contributed by atoms with Crippen molar-refractivity contribution in [2.75, 3.05) is 6.61 Å². The van der Waals surface area contributed by atoms with Crippen LogP contribution in [0.15, 0.2) is 24.3 Å². The first-order valence-electron chi connectivity index (χ1n) is 8.24. The van der Waals surface area contributed by atoms with Gasteiger partial charge in [-0.1, -0.05) is 6.07 Å². The van der Waals surface area contributed by atoms with Gasteiger partial charge in [0, 0.05) is 24.4 Å². The van der Waals surface area contributed by atoms with Crippen LogP contribution in [0, 0.1) is 27.7 Å². The molecular weight excluding hydrogens is 332 g/mol. The smallest absolute Gasteiger partial charge is 0.276 e. The molecule has 138 valence electrons. The van der Waals surface area contributed by atoms with E-state index in [4.69, 9.17) is 4.74 Å². The molecule has 2 amide bonds. The van der Waals surface area contributed by atoms with Gasteiger partial charge < -0.3 is 4.74 Å². The number of nitrogens with zero attached hydrogens (tertiary/aromatic N) is 2. The van der Waals surface area contributed by atoms with Gasteiger partial charge in [0.2, 0.25) is 0 Å². The van der Waals surface area contributed by atoms with Gasteiger partial charge in [-0.25, -0.2) is 0 Å². The highest BCUT2D eigenvalue weighted by atomic mass is 16.5. The van der Waals surface area contributed by atoms with Crippen molar-refractivity contribution in [3.63, 3.8) is 0 Å². The lowest BCUT2D eigenvalue weighted by Gasteiger charge is -2.09. The number of carbonyl (C=O) groups excluding carboxylic acids is 2. The fourth-order valence-corrected chi connectivity index (χ4v) is 2.56. The summed E-state index contributed by atoms with van der Waals surface area (Å²) in [7, 11) is 1.84. The molecule has 7 heteroatoms. The topological polar surface area (TPSA) is 85.2 Å². The molecule has 26 heavy (non-hydrogen) atoms. The second-order valence-corrected chi connectivity index (χ2v) is 6.19. The number of benzene rings is 1. The van der Waals surface area contributed by atoms with Gasteiger partial charge in [0.1, 0.15) is 5.75 Å². The number of aromatic nitrogens is 2. The van der Waals surface area contributed by atoms with Crippen LogP contribution in [0.25, 0.3) is 6.08 Å². The maximum atomic E-state index is 11.8. The molecule has 0 spiro atoms. The third-order valence-electron chi connectivity index (χ3n) is 3.86. The molecule has 2 rings (SSSR count). The predicted octanol–water partition coefficient (Wildman–Crippen LogP) is 1.89. The van der Waals surface area contributed by atoms with Crippen molar-refractivity contribution in [2.45, 2.75) is 27.7 Å². The molecule has 0 aliphatic carbocycles. The van der Waals surface area contributed by atoms with Crippen LogP contribution in [0.2, 0.25) is 0 Å². The van der Waals surface area contributed by atoms with Crippen molar-refractivity contribution >= 4 is 17.9 Å². The summed E-state index contributed by atoms with van der Waals surface area (Å²) < 4.78 is 7.18. The molecule has 0 unspecified atom stereocenters. The second kappa shape index (κ2) is 8.33. The third kappa shape index (κ3) is 5.20. The number of nitrogens with one attached hydrogen (secondary N) is 2. The van der Waals surface area contributed by atoms with Gasteiger partial charge >= 0.3 is 0 Å². The second-order valence-electron chi connectivity index (χ2n) is 6.19. The van der Waals surface area contributed by atoms with E-state index in [1.54, 1.807) is 10.8 Å². The van der Waals surface area contributed by atoms with E-state index in [9.17, 15) is 9.59 Å². The Morgan fingerprint density at radius 3 is 2.35 bits per heavy atom. The highest BCUT2D eigenvalue weighted by Crippen LogP contribution is 2.16. The van der Waals surface area contributed by atoms with Crippen LogP contribution in [0.5, 0.6) is 5.75 Å². The molecule has 1 aromatic carbocycles. The SMILES string of the molecule is Cc1cc(C)cc(OCC(=O)NNC(=O)/C=C/c2c(C)nn(C)c2C)c1. The van der Waals surface area contributed by atoms with Crippen molar-refractivity contribution < 1.29 is 14.3 Å². The van der Waals surface area contributed by atoms with Crippen LogP contribution in [0.4, 0.5) is 0 Å². The zero-order valence-corrected chi connectivity index (χ0v) is 15.7. The Morgan fingerprint density at radius 1 is 1.12 bits per heavy atom. The molecule has 0 radical (unpaired) electrons.